The van der Waals surface area contributed by atoms with Crippen LogP contribution in [0.15, 0.2) is 36.9 Å². The van der Waals surface area contributed by atoms with Gasteiger partial charge in [-0.2, -0.15) is 5.10 Å². The first-order valence-corrected chi connectivity index (χ1v) is 7.23. The largest absolute Gasteiger partial charge is 0.482 e. The summed E-state index contributed by atoms with van der Waals surface area (Å²) in [6.07, 6.45) is 6.84. The van der Waals surface area contributed by atoms with E-state index in [4.69, 9.17) is 4.74 Å². The van der Waals surface area contributed by atoms with E-state index in [-0.39, 0.29) is 30.9 Å². The van der Waals surface area contributed by atoms with Crippen LogP contribution >= 0.6 is 0 Å². The van der Waals surface area contributed by atoms with Crippen LogP contribution in [0.5, 0.6) is 5.75 Å². The first-order valence-electron chi connectivity index (χ1n) is 7.23. The van der Waals surface area contributed by atoms with Crippen molar-refractivity contribution in [1.82, 2.24) is 20.1 Å². The van der Waals surface area contributed by atoms with E-state index in [2.05, 4.69) is 15.4 Å². The first kappa shape index (κ1) is 15.0. The average Bonchev–Trinajstić information content (AvgIpc) is 3.12. The summed E-state index contributed by atoms with van der Waals surface area (Å²) in [5.74, 6) is 0.235. The number of hydrogen-bond acceptors (Lipinski definition) is 5. The number of carbonyl (C=O) groups is 2. The molecule has 3 rings (SSSR count). The number of amides is 2. The van der Waals surface area contributed by atoms with E-state index in [9.17, 15) is 9.59 Å². The molecule has 8 heteroatoms. The maximum Gasteiger partial charge on any atom is 0.258 e. The molecule has 1 saturated heterocycles. The third-order valence-corrected chi connectivity index (χ3v) is 3.50. The molecular weight excluding hydrogens is 298 g/mol. The summed E-state index contributed by atoms with van der Waals surface area (Å²) >= 11 is 0. The van der Waals surface area contributed by atoms with Crippen LogP contribution in [0.3, 0.4) is 0 Å². The second-order valence-electron chi connectivity index (χ2n) is 5.32. The third kappa shape index (κ3) is 3.65. The SMILES string of the molecule is Cn1cc(N2CC(NC(=O)COc3cccnc3)CC2=O)cn1. The Kier molecular flexibility index (Phi) is 4.22. The number of rotatable bonds is 5. The summed E-state index contributed by atoms with van der Waals surface area (Å²) in [5, 5.41) is 6.87. The molecule has 3 heterocycles. The van der Waals surface area contributed by atoms with Gasteiger partial charge >= 0.3 is 0 Å². The molecule has 23 heavy (non-hydrogen) atoms. The van der Waals surface area contributed by atoms with Crippen molar-refractivity contribution in [3.05, 3.63) is 36.9 Å². The molecule has 1 fully saturated rings. The molecule has 1 unspecified atom stereocenters. The minimum absolute atomic E-state index is 0.0310. The van der Waals surface area contributed by atoms with Gasteiger partial charge in [-0.05, 0) is 12.1 Å². The van der Waals surface area contributed by atoms with Gasteiger partial charge in [-0.15, -0.1) is 0 Å². The Labute approximate surface area is 133 Å². The molecule has 1 N–H and O–H groups in total. The minimum Gasteiger partial charge on any atom is -0.482 e. The Bertz CT molecular complexity index is 700. The van der Waals surface area contributed by atoms with Crippen molar-refractivity contribution in [1.29, 1.82) is 0 Å². The van der Waals surface area contributed by atoms with Crippen LogP contribution in [0.2, 0.25) is 0 Å². The van der Waals surface area contributed by atoms with Crippen molar-refractivity contribution in [2.24, 2.45) is 7.05 Å². The van der Waals surface area contributed by atoms with Crippen LogP contribution in [0.25, 0.3) is 0 Å². The highest BCUT2D eigenvalue weighted by atomic mass is 16.5. The zero-order valence-electron chi connectivity index (χ0n) is 12.7. The van der Waals surface area contributed by atoms with E-state index in [0.29, 0.717) is 12.3 Å². The molecule has 1 atom stereocenters. The number of aromatic nitrogens is 3. The Morgan fingerprint density at radius 3 is 3.04 bits per heavy atom. The molecular formula is C15H17N5O3. The number of carbonyl (C=O) groups excluding carboxylic acids is 2. The van der Waals surface area contributed by atoms with E-state index < -0.39 is 0 Å². The van der Waals surface area contributed by atoms with Crippen molar-refractivity contribution in [3.8, 4) is 5.75 Å². The average molecular weight is 315 g/mol. The van der Waals surface area contributed by atoms with Gasteiger partial charge in [0, 0.05) is 32.4 Å². The van der Waals surface area contributed by atoms with Crippen molar-refractivity contribution in [2.45, 2.75) is 12.5 Å². The van der Waals surface area contributed by atoms with Gasteiger partial charge in [-0.25, -0.2) is 0 Å². The van der Waals surface area contributed by atoms with Gasteiger partial charge < -0.3 is 15.0 Å². The summed E-state index contributed by atoms with van der Waals surface area (Å²) in [4.78, 5) is 29.5. The van der Waals surface area contributed by atoms with E-state index in [0.717, 1.165) is 5.69 Å². The maximum absolute atomic E-state index is 12.1. The Morgan fingerprint density at radius 2 is 2.35 bits per heavy atom. The van der Waals surface area contributed by atoms with Gasteiger partial charge in [0.05, 0.1) is 24.1 Å². The zero-order valence-corrected chi connectivity index (χ0v) is 12.7. The van der Waals surface area contributed by atoms with Crippen molar-refractivity contribution in [3.63, 3.8) is 0 Å². The van der Waals surface area contributed by atoms with Gasteiger partial charge in [-0.1, -0.05) is 0 Å². The lowest BCUT2D eigenvalue weighted by atomic mass is 10.2. The Balaban J connectivity index is 1.51. The van der Waals surface area contributed by atoms with Crippen LogP contribution in [-0.2, 0) is 16.6 Å². The smallest absolute Gasteiger partial charge is 0.258 e. The lowest BCUT2D eigenvalue weighted by Crippen LogP contribution is -2.39. The summed E-state index contributed by atoms with van der Waals surface area (Å²) < 4.78 is 6.97. The number of nitrogens with one attached hydrogen (secondary N) is 1. The monoisotopic (exact) mass is 315 g/mol. The van der Waals surface area contributed by atoms with Gasteiger partial charge in [0.25, 0.3) is 5.91 Å². The highest BCUT2D eigenvalue weighted by molar-refractivity contribution is 5.96. The van der Waals surface area contributed by atoms with Gasteiger partial charge in [0.15, 0.2) is 6.61 Å². The fourth-order valence-electron chi connectivity index (χ4n) is 2.45. The molecule has 0 saturated carbocycles. The molecule has 2 amide bonds. The Hall–Kier alpha value is -2.90. The van der Waals surface area contributed by atoms with Crippen molar-refractivity contribution >= 4 is 17.5 Å². The van der Waals surface area contributed by atoms with Crippen LogP contribution in [0.1, 0.15) is 6.42 Å². The number of aryl methyl sites for hydroxylation is 1. The molecule has 0 aromatic carbocycles. The lowest BCUT2D eigenvalue weighted by molar-refractivity contribution is -0.123. The molecule has 8 nitrogen and oxygen atoms in total. The van der Waals surface area contributed by atoms with Crippen LogP contribution in [0, 0.1) is 0 Å². The summed E-state index contributed by atoms with van der Waals surface area (Å²) in [7, 11) is 1.79. The highest BCUT2D eigenvalue weighted by Crippen LogP contribution is 2.20. The molecule has 2 aromatic rings. The molecule has 0 aliphatic carbocycles. The third-order valence-electron chi connectivity index (χ3n) is 3.50. The fraction of sp³-hybridized carbons (Fsp3) is 0.333. The lowest BCUT2D eigenvalue weighted by Gasteiger charge is -2.15. The molecule has 0 bridgehead atoms. The van der Waals surface area contributed by atoms with Gasteiger partial charge in [0.1, 0.15) is 5.75 Å². The number of hydrogen-bond donors (Lipinski definition) is 1. The van der Waals surface area contributed by atoms with Crippen molar-refractivity contribution < 1.29 is 14.3 Å². The van der Waals surface area contributed by atoms with Gasteiger partial charge in [-0.3, -0.25) is 19.3 Å². The standard InChI is InChI=1S/C15H17N5O3/c1-19-9-12(6-17-19)20-8-11(5-15(20)22)18-14(21)10-23-13-3-2-4-16-7-13/h2-4,6-7,9,11H,5,8,10H2,1H3,(H,18,21). The normalized spacial score (nSPS) is 17.3. The topological polar surface area (TPSA) is 89.4 Å². The Morgan fingerprint density at radius 1 is 1.48 bits per heavy atom. The molecule has 1 aliphatic heterocycles. The molecule has 120 valence electrons. The summed E-state index contributed by atoms with van der Waals surface area (Å²) in [6, 6.07) is 3.23. The molecule has 0 radical (unpaired) electrons. The van der Waals surface area contributed by atoms with Crippen LogP contribution in [0.4, 0.5) is 5.69 Å². The summed E-state index contributed by atoms with van der Waals surface area (Å²) in [5.41, 5.74) is 0.737. The number of anilines is 1. The van der Waals surface area contributed by atoms with E-state index in [1.807, 2.05) is 0 Å². The molecule has 1 aliphatic rings. The minimum atomic E-state index is -0.264. The maximum atomic E-state index is 12.1. The highest BCUT2D eigenvalue weighted by Gasteiger charge is 2.32. The summed E-state index contributed by atoms with van der Waals surface area (Å²) in [6.45, 7) is 0.326. The van der Waals surface area contributed by atoms with Crippen LogP contribution < -0.4 is 15.0 Å². The molecule has 2 aromatic heterocycles. The second kappa shape index (κ2) is 6.47. The predicted octanol–water partition coefficient (Wildman–Crippen LogP) is 0.116. The second-order valence-corrected chi connectivity index (χ2v) is 5.32. The zero-order chi connectivity index (χ0) is 16.2. The van der Waals surface area contributed by atoms with E-state index in [1.165, 1.54) is 6.20 Å². The van der Waals surface area contributed by atoms with E-state index >= 15 is 0 Å². The van der Waals surface area contributed by atoms with Crippen LogP contribution in [-0.4, -0.2) is 45.8 Å². The molecule has 0 spiro atoms. The fourth-order valence-corrected chi connectivity index (χ4v) is 2.45. The quantitative estimate of drug-likeness (QED) is 0.846. The van der Waals surface area contributed by atoms with Crippen molar-refractivity contribution in [2.75, 3.05) is 18.1 Å². The first-order chi connectivity index (χ1) is 11.1. The number of pyridine rings is 1. The van der Waals surface area contributed by atoms with E-state index in [1.54, 1.807) is 47.4 Å². The number of nitrogens with zero attached hydrogens (tertiary/aromatic N) is 4. The van der Waals surface area contributed by atoms with Gasteiger partial charge in [0.2, 0.25) is 5.91 Å². The predicted molar refractivity (Wildman–Crippen MR) is 81.8 cm³/mol. The number of ether oxygens (including phenoxy) is 1.